The van der Waals surface area contributed by atoms with E-state index in [1.165, 1.54) is 29.3 Å². The molecule has 3 rings (SSSR count). The number of nitrogens with two attached hydrogens (primary N) is 1. The van der Waals surface area contributed by atoms with E-state index in [0.29, 0.717) is 5.56 Å². The van der Waals surface area contributed by atoms with Crippen LogP contribution in [0.15, 0.2) is 42.5 Å². The first-order valence-electron chi connectivity index (χ1n) is 6.56. The van der Waals surface area contributed by atoms with Gasteiger partial charge in [-0.05, 0) is 42.2 Å². The SMILES string of the molecule is Nc1cc(C(=O)NC2Cc3ccccc3C2)ccc1F. The first-order chi connectivity index (χ1) is 9.63. The minimum absolute atomic E-state index is 0.00708. The second-order valence-corrected chi connectivity index (χ2v) is 5.08. The highest BCUT2D eigenvalue weighted by molar-refractivity contribution is 5.95. The highest BCUT2D eigenvalue weighted by Crippen LogP contribution is 2.22. The molecular weight excluding hydrogens is 255 g/mol. The van der Waals surface area contributed by atoms with Crippen LogP contribution in [-0.4, -0.2) is 11.9 Å². The van der Waals surface area contributed by atoms with Gasteiger partial charge in [-0.3, -0.25) is 4.79 Å². The molecular formula is C16H15FN2O. The molecule has 0 bridgehead atoms. The van der Waals surface area contributed by atoms with Gasteiger partial charge in [0.1, 0.15) is 5.82 Å². The van der Waals surface area contributed by atoms with Crippen molar-refractivity contribution in [1.29, 1.82) is 0 Å². The van der Waals surface area contributed by atoms with Gasteiger partial charge in [0.25, 0.3) is 5.91 Å². The Labute approximate surface area is 116 Å². The Morgan fingerprint density at radius 3 is 2.40 bits per heavy atom. The van der Waals surface area contributed by atoms with Gasteiger partial charge >= 0.3 is 0 Å². The van der Waals surface area contributed by atoms with Crippen LogP contribution < -0.4 is 11.1 Å². The Kier molecular flexibility index (Phi) is 3.14. The van der Waals surface area contributed by atoms with Crippen LogP contribution in [0.2, 0.25) is 0 Å². The smallest absolute Gasteiger partial charge is 0.251 e. The molecule has 3 N–H and O–H groups in total. The Bertz CT molecular complexity index is 644. The molecule has 0 fully saturated rings. The quantitative estimate of drug-likeness (QED) is 0.823. The summed E-state index contributed by atoms with van der Waals surface area (Å²) < 4.78 is 13.1. The summed E-state index contributed by atoms with van der Waals surface area (Å²) in [4.78, 5) is 12.1. The molecule has 1 aliphatic rings. The van der Waals surface area contributed by atoms with Gasteiger partial charge in [-0.25, -0.2) is 4.39 Å². The average Bonchev–Trinajstić information content (AvgIpc) is 2.83. The minimum atomic E-state index is -0.505. The highest BCUT2D eigenvalue weighted by Gasteiger charge is 2.22. The van der Waals surface area contributed by atoms with Crippen molar-refractivity contribution in [2.75, 3.05) is 5.73 Å². The van der Waals surface area contributed by atoms with Gasteiger partial charge in [-0.1, -0.05) is 24.3 Å². The fourth-order valence-corrected chi connectivity index (χ4v) is 2.61. The molecule has 0 aliphatic heterocycles. The van der Waals surface area contributed by atoms with Crippen molar-refractivity contribution in [3.63, 3.8) is 0 Å². The van der Waals surface area contributed by atoms with E-state index in [4.69, 9.17) is 5.73 Å². The van der Waals surface area contributed by atoms with E-state index in [1.54, 1.807) is 0 Å². The van der Waals surface area contributed by atoms with E-state index in [2.05, 4.69) is 17.4 Å². The number of carbonyl (C=O) groups excluding carboxylic acids is 1. The van der Waals surface area contributed by atoms with Crippen LogP contribution in [0.1, 0.15) is 21.5 Å². The standard InChI is InChI=1S/C16H15FN2O/c17-14-6-5-12(9-15(14)18)16(20)19-13-7-10-3-1-2-4-11(10)8-13/h1-6,9,13H,7-8,18H2,(H,19,20). The van der Waals surface area contributed by atoms with Crippen molar-refractivity contribution in [3.05, 3.63) is 65.0 Å². The lowest BCUT2D eigenvalue weighted by atomic mass is 10.1. The molecule has 102 valence electrons. The third kappa shape index (κ3) is 2.37. The van der Waals surface area contributed by atoms with Crippen molar-refractivity contribution in [2.45, 2.75) is 18.9 Å². The zero-order valence-electron chi connectivity index (χ0n) is 10.9. The Hall–Kier alpha value is -2.36. The number of amides is 1. The third-order valence-corrected chi connectivity index (χ3v) is 3.64. The predicted molar refractivity (Wildman–Crippen MR) is 75.9 cm³/mol. The van der Waals surface area contributed by atoms with Crippen molar-refractivity contribution < 1.29 is 9.18 Å². The Balaban J connectivity index is 1.70. The molecule has 0 radical (unpaired) electrons. The van der Waals surface area contributed by atoms with Crippen molar-refractivity contribution in [3.8, 4) is 0 Å². The molecule has 4 heteroatoms. The molecule has 0 atom stereocenters. The molecule has 0 unspecified atom stereocenters. The third-order valence-electron chi connectivity index (χ3n) is 3.64. The molecule has 2 aromatic rings. The number of hydrogen-bond donors (Lipinski definition) is 2. The van der Waals surface area contributed by atoms with Gasteiger partial charge in [-0.15, -0.1) is 0 Å². The normalized spacial score (nSPS) is 14.1. The second kappa shape index (κ2) is 4.96. The monoisotopic (exact) mass is 270 g/mol. The lowest BCUT2D eigenvalue weighted by molar-refractivity contribution is 0.0938. The minimum Gasteiger partial charge on any atom is -0.396 e. The molecule has 3 nitrogen and oxygen atoms in total. The number of nitrogen functional groups attached to an aromatic ring is 1. The highest BCUT2D eigenvalue weighted by atomic mass is 19.1. The summed E-state index contributed by atoms with van der Waals surface area (Å²) in [5.41, 5.74) is 8.41. The largest absolute Gasteiger partial charge is 0.396 e. The average molecular weight is 270 g/mol. The number of rotatable bonds is 2. The summed E-state index contributed by atoms with van der Waals surface area (Å²) in [6.07, 6.45) is 1.66. The molecule has 2 aromatic carbocycles. The first kappa shape index (κ1) is 12.7. The topological polar surface area (TPSA) is 55.1 Å². The maximum atomic E-state index is 13.1. The molecule has 0 saturated heterocycles. The summed E-state index contributed by atoms with van der Waals surface area (Å²) in [5, 5.41) is 2.97. The van der Waals surface area contributed by atoms with E-state index in [9.17, 15) is 9.18 Å². The fraction of sp³-hybridized carbons (Fsp3) is 0.188. The summed E-state index contributed by atoms with van der Waals surface area (Å²) in [7, 11) is 0. The molecule has 20 heavy (non-hydrogen) atoms. The summed E-state index contributed by atoms with van der Waals surface area (Å²) in [6, 6.07) is 12.3. The van der Waals surface area contributed by atoms with E-state index < -0.39 is 5.82 Å². The maximum Gasteiger partial charge on any atom is 0.251 e. The van der Waals surface area contributed by atoms with E-state index in [-0.39, 0.29) is 17.6 Å². The number of nitrogens with one attached hydrogen (secondary N) is 1. The number of fused-ring (bicyclic) bond motifs is 1. The van der Waals surface area contributed by atoms with Crippen molar-refractivity contribution >= 4 is 11.6 Å². The number of hydrogen-bond acceptors (Lipinski definition) is 2. The first-order valence-corrected chi connectivity index (χ1v) is 6.56. The van der Waals surface area contributed by atoms with Crippen LogP contribution in [0.3, 0.4) is 0 Å². The number of halogens is 1. The lowest BCUT2D eigenvalue weighted by Gasteiger charge is -2.12. The van der Waals surface area contributed by atoms with E-state index in [1.807, 2.05) is 12.1 Å². The van der Waals surface area contributed by atoms with Crippen molar-refractivity contribution in [2.24, 2.45) is 0 Å². The van der Waals surface area contributed by atoms with Crippen LogP contribution in [0.5, 0.6) is 0 Å². The molecule has 1 amide bonds. The van der Waals surface area contributed by atoms with Crippen LogP contribution in [0.25, 0.3) is 0 Å². The van der Waals surface area contributed by atoms with Gasteiger partial charge in [0.05, 0.1) is 5.69 Å². The lowest BCUT2D eigenvalue weighted by Crippen LogP contribution is -2.35. The van der Waals surface area contributed by atoms with Gasteiger partial charge in [0, 0.05) is 11.6 Å². The van der Waals surface area contributed by atoms with Crippen LogP contribution in [0, 0.1) is 5.82 Å². The summed E-state index contributed by atoms with van der Waals surface area (Å²) in [6.45, 7) is 0. The number of anilines is 1. The van der Waals surface area contributed by atoms with Gasteiger partial charge < -0.3 is 11.1 Å². The predicted octanol–water partition coefficient (Wildman–Crippen LogP) is 2.31. The summed E-state index contributed by atoms with van der Waals surface area (Å²) in [5.74, 6) is -0.718. The molecule has 0 saturated carbocycles. The molecule has 0 spiro atoms. The Morgan fingerprint density at radius 2 is 1.80 bits per heavy atom. The Morgan fingerprint density at radius 1 is 1.15 bits per heavy atom. The molecule has 0 heterocycles. The van der Waals surface area contributed by atoms with Gasteiger partial charge in [-0.2, -0.15) is 0 Å². The van der Waals surface area contributed by atoms with Crippen molar-refractivity contribution in [1.82, 2.24) is 5.32 Å². The van der Waals surface area contributed by atoms with Crippen LogP contribution >= 0.6 is 0 Å². The zero-order chi connectivity index (χ0) is 14.1. The van der Waals surface area contributed by atoms with Gasteiger partial charge in [0.2, 0.25) is 0 Å². The maximum absolute atomic E-state index is 13.1. The van der Waals surface area contributed by atoms with E-state index in [0.717, 1.165) is 12.8 Å². The second-order valence-electron chi connectivity index (χ2n) is 5.08. The number of carbonyl (C=O) groups is 1. The summed E-state index contributed by atoms with van der Waals surface area (Å²) >= 11 is 0. The van der Waals surface area contributed by atoms with E-state index >= 15 is 0 Å². The molecule has 0 aromatic heterocycles. The number of benzene rings is 2. The van der Waals surface area contributed by atoms with Gasteiger partial charge in [0.15, 0.2) is 0 Å². The van der Waals surface area contributed by atoms with Crippen LogP contribution in [0.4, 0.5) is 10.1 Å². The molecule has 1 aliphatic carbocycles. The van der Waals surface area contributed by atoms with Crippen LogP contribution in [-0.2, 0) is 12.8 Å². The fourth-order valence-electron chi connectivity index (χ4n) is 2.61. The zero-order valence-corrected chi connectivity index (χ0v) is 10.9.